The lowest BCUT2D eigenvalue weighted by atomic mass is 9.99. The summed E-state index contributed by atoms with van der Waals surface area (Å²) in [5.74, 6) is 0.501. The van der Waals surface area contributed by atoms with Gasteiger partial charge in [0.1, 0.15) is 12.4 Å². The molecule has 1 aliphatic heterocycles. The summed E-state index contributed by atoms with van der Waals surface area (Å²) in [5.41, 5.74) is 0.935. The van der Waals surface area contributed by atoms with Crippen LogP contribution in [0.15, 0.2) is 12.3 Å². The maximum atomic E-state index is 12.8. The number of aromatic nitrogens is 4. The van der Waals surface area contributed by atoms with E-state index in [-0.39, 0.29) is 18.4 Å². The molecule has 1 amide bonds. The number of rotatable bonds is 4. The quantitative estimate of drug-likeness (QED) is 0.832. The SMILES string of the molecule is Cc1cc(C)n(CC(=O)N(C)C[C@@H]2CCc3nc(C(F)(F)F)cn3C2)n1. The summed E-state index contributed by atoms with van der Waals surface area (Å²) < 4.78 is 41.6. The fraction of sp³-hybridized carbons (Fsp3) is 0.588. The van der Waals surface area contributed by atoms with Crippen molar-refractivity contribution in [2.24, 2.45) is 5.92 Å². The number of alkyl halides is 3. The average Bonchev–Trinajstić information content (AvgIpc) is 3.09. The second-order valence-corrected chi connectivity index (χ2v) is 6.96. The van der Waals surface area contributed by atoms with E-state index in [1.165, 1.54) is 0 Å². The minimum absolute atomic E-state index is 0.0661. The molecule has 0 radical (unpaired) electrons. The number of halogens is 3. The molecule has 0 N–H and O–H groups in total. The van der Waals surface area contributed by atoms with Crippen molar-refractivity contribution in [1.29, 1.82) is 0 Å². The Labute approximate surface area is 149 Å². The van der Waals surface area contributed by atoms with Gasteiger partial charge in [-0.05, 0) is 32.3 Å². The zero-order chi connectivity index (χ0) is 19.1. The maximum absolute atomic E-state index is 12.8. The summed E-state index contributed by atoms with van der Waals surface area (Å²) in [7, 11) is 1.72. The summed E-state index contributed by atoms with van der Waals surface area (Å²) >= 11 is 0. The van der Waals surface area contributed by atoms with Gasteiger partial charge in [0.05, 0.1) is 5.69 Å². The number of fused-ring (bicyclic) bond motifs is 1. The van der Waals surface area contributed by atoms with E-state index in [2.05, 4.69) is 10.1 Å². The van der Waals surface area contributed by atoms with Crippen LogP contribution >= 0.6 is 0 Å². The van der Waals surface area contributed by atoms with Crippen LogP contribution < -0.4 is 0 Å². The Morgan fingerprint density at radius 3 is 2.73 bits per heavy atom. The highest BCUT2D eigenvalue weighted by Crippen LogP contribution is 2.30. The molecule has 0 spiro atoms. The third-order valence-electron chi connectivity index (χ3n) is 4.73. The lowest BCUT2D eigenvalue weighted by Crippen LogP contribution is -2.37. The summed E-state index contributed by atoms with van der Waals surface area (Å²) in [6, 6.07) is 1.91. The fourth-order valence-electron chi connectivity index (χ4n) is 3.37. The number of carbonyl (C=O) groups is 1. The van der Waals surface area contributed by atoms with Crippen molar-refractivity contribution in [2.75, 3.05) is 13.6 Å². The van der Waals surface area contributed by atoms with E-state index in [0.717, 1.165) is 17.6 Å². The molecule has 9 heteroatoms. The van der Waals surface area contributed by atoms with E-state index >= 15 is 0 Å². The van der Waals surface area contributed by atoms with Crippen molar-refractivity contribution in [3.63, 3.8) is 0 Å². The van der Waals surface area contributed by atoms with Gasteiger partial charge in [-0.15, -0.1) is 0 Å². The minimum Gasteiger partial charge on any atom is -0.344 e. The number of imidazole rings is 1. The van der Waals surface area contributed by atoms with Crippen LogP contribution in [0.1, 0.15) is 29.3 Å². The molecule has 0 aromatic carbocycles. The summed E-state index contributed by atoms with van der Waals surface area (Å²) in [6.07, 6.45) is -2.16. The van der Waals surface area contributed by atoms with Crippen LogP contribution in [0, 0.1) is 19.8 Å². The summed E-state index contributed by atoms with van der Waals surface area (Å²) in [4.78, 5) is 17.7. The molecule has 0 saturated heterocycles. The second-order valence-electron chi connectivity index (χ2n) is 6.96. The standard InChI is InChI=1S/C17H22F3N5O/c1-11-6-12(2)25(22-11)10-16(26)23(3)7-13-4-5-15-21-14(17(18,19)20)9-24(15)8-13/h6,9,13H,4-5,7-8,10H2,1-3H3/t13-/m0/s1. The van der Waals surface area contributed by atoms with Crippen LogP contribution in [0.2, 0.25) is 0 Å². The molecule has 0 saturated carbocycles. The average molecular weight is 369 g/mol. The van der Waals surface area contributed by atoms with Crippen molar-refractivity contribution >= 4 is 5.91 Å². The number of carbonyl (C=O) groups excluding carboxylic acids is 1. The Balaban J connectivity index is 1.60. The highest BCUT2D eigenvalue weighted by molar-refractivity contribution is 5.75. The van der Waals surface area contributed by atoms with Crippen molar-refractivity contribution in [1.82, 2.24) is 24.2 Å². The molecule has 0 bridgehead atoms. The van der Waals surface area contributed by atoms with E-state index in [1.807, 2.05) is 19.9 Å². The molecule has 0 unspecified atom stereocenters. The lowest BCUT2D eigenvalue weighted by molar-refractivity contribution is -0.141. The van der Waals surface area contributed by atoms with Gasteiger partial charge in [0.25, 0.3) is 0 Å². The molecule has 3 heterocycles. The van der Waals surface area contributed by atoms with Gasteiger partial charge in [-0.1, -0.05) is 0 Å². The molecule has 0 aliphatic carbocycles. The van der Waals surface area contributed by atoms with E-state index in [9.17, 15) is 18.0 Å². The van der Waals surface area contributed by atoms with E-state index in [1.54, 1.807) is 21.2 Å². The van der Waals surface area contributed by atoms with Gasteiger partial charge in [0.15, 0.2) is 5.69 Å². The van der Waals surface area contributed by atoms with Crippen LogP contribution in [0.4, 0.5) is 13.2 Å². The van der Waals surface area contributed by atoms with Crippen molar-refractivity contribution < 1.29 is 18.0 Å². The Bertz CT molecular complexity index is 808. The predicted octanol–water partition coefficient (Wildman–Crippen LogP) is 2.44. The fourth-order valence-corrected chi connectivity index (χ4v) is 3.37. The van der Waals surface area contributed by atoms with E-state index in [0.29, 0.717) is 31.8 Å². The minimum atomic E-state index is -4.42. The van der Waals surface area contributed by atoms with E-state index in [4.69, 9.17) is 0 Å². The molecule has 26 heavy (non-hydrogen) atoms. The highest BCUT2D eigenvalue weighted by atomic mass is 19.4. The van der Waals surface area contributed by atoms with Gasteiger partial charge >= 0.3 is 6.18 Å². The van der Waals surface area contributed by atoms with Gasteiger partial charge < -0.3 is 9.47 Å². The normalized spacial score (nSPS) is 17.2. The smallest absolute Gasteiger partial charge is 0.344 e. The van der Waals surface area contributed by atoms with Crippen LogP contribution in [-0.2, 0) is 30.5 Å². The van der Waals surface area contributed by atoms with Gasteiger partial charge in [-0.3, -0.25) is 9.48 Å². The Kier molecular flexibility index (Phi) is 4.81. The Morgan fingerprint density at radius 1 is 1.38 bits per heavy atom. The monoisotopic (exact) mass is 369 g/mol. The van der Waals surface area contributed by atoms with Gasteiger partial charge in [-0.25, -0.2) is 4.98 Å². The van der Waals surface area contributed by atoms with Crippen LogP contribution in [0.3, 0.4) is 0 Å². The number of hydrogen-bond donors (Lipinski definition) is 0. The molecule has 1 aliphatic rings. The Hall–Kier alpha value is -2.32. The Morgan fingerprint density at radius 2 is 2.12 bits per heavy atom. The number of amides is 1. The first-order valence-electron chi connectivity index (χ1n) is 8.51. The molecule has 2 aromatic heterocycles. The highest BCUT2D eigenvalue weighted by Gasteiger charge is 2.36. The van der Waals surface area contributed by atoms with Crippen molar-refractivity contribution in [2.45, 2.75) is 46.0 Å². The zero-order valence-corrected chi connectivity index (χ0v) is 15.0. The van der Waals surface area contributed by atoms with Crippen molar-refractivity contribution in [3.05, 3.63) is 35.2 Å². The predicted molar refractivity (Wildman–Crippen MR) is 88.4 cm³/mol. The van der Waals surface area contributed by atoms with Crippen LogP contribution in [0.25, 0.3) is 0 Å². The first-order valence-corrected chi connectivity index (χ1v) is 8.51. The third-order valence-corrected chi connectivity index (χ3v) is 4.73. The maximum Gasteiger partial charge on any atom is 0.434 e. The van der Waals surface area contributed by atoms with Crippen LogP contribution in [-0.4, -0.2) is 43.7 Å². The zero-order valence-electron chi connectivity index (χ0n) is 15.0. The summed E-state index contributed by atoms with van der Waals surface area (Å²) in [5, 5.41) is 4.29. The van der Waals surface area contributed by atoms with Gasteiger partial charge in [0.2, 0.25) is 5.91 Å². The number of aryl methyl sites for hydroxylation is 3. The molecular weight excluding hydrogens is 347 g/mol. The molecule has 142 valence electrons. The van der Waals surface area contributed by atoms with E-state index < -0.39 is 11.9 Å². The third kappa shape index (κ3) is 3.91. The molecule has 1 atom stereocenters. The molecule has 3 rings (SSSR count). The number of nitrogens with zero attached hydrogens (tertiary/aromatic N) is 5. The van der Waals surface area contributed by atoms with Crippen LogP contribution in [0.5, 0.6) is 0 Å². The molecule has 2 aromatic rings. The topological polar surface area (TPSA) is 56.0 Å². The lowest BCUT2D eigenvalue weighted by Gasteiger charge is -2.28. The second kappa shape index (κ2) is 6.77. The molecule has 0 fully saturated rings. The first-order chi connectivity index (χ1) is 12.1. The van der Waals surface area contributed by atoms with Gasteiger partial charge in [-0.2, -0.15) is 18.3 Å². The summed E-state index contributed by atoms with van der Waals surface area (Å²) in [6.45, 7) is 4.87. The molecular formula is C17H22F3N5O. The largest absolute Gasteiger partial charge is 0.434 e. The number of likely N-dealkylation sites (N-methyl/N-ethyl adjacent to an activating group) is 1. The van der Waals surface area contributed by atoms with Crippen molar-refractivity contribution in [3.8, 4) is 0 Å². The molecule has 6 nitrogen and oxygen atoms in total. The first kappa shape index (κ1) is 18.5. The number of hydrogen-bond acceptors (Lipinski definition) is 3. The van der Waals surface area contributed by atoms with Gasteiger partial charge in [0, 0.05) is 38.4 Å².